The second kappa shape index (κ2) is 7.24. The number of hydrogen-bond acceptors (Lipinski definition) is 2. The average molecular weight is 272 g/mol. The molecule has 0 bridgehead atoms. The highest BCUT2D eigenvalue weighted by molar-refractivity contribution is 5.22. The Labute approximate surface area is 123 Å². The highest BCUT2D eigenvalue weighted by atomic mass is 14.9. The number of nitrogens with one attached hydrogen (secondary N) is 2. The van der Waals surface area contributed by atoms with Crippen LogP contribution in [0.3, 0.4) is 0 Å². The molecule has 2 fully saturated rings. The van der Waals surface area contributed by atoms with Gasteiger partial charge in [0.05, 0.1) is 0 Å². The Hall–Kier alpha value is -0.860. The quantitative estimate of drug-likeness (QED) is 0.640. The van der Waals surface area contributed by atoms with Crippen molar-refractivity contribution in [3.63, 3.8) is 0 Å². The number of aryl methyl sites for hydroxylation is 1. The van der Waals surface area contributed by atoms with E-state index < -0.39 is 0 Å². The standard InChI is InChI=1S/C18H28N2/c1(2-13-19-17-8-9-17)3-15-4-6-16(7-5-15)12-14-20-18-10-11-18/h4-7,17-20H,1-3,8-14H2. The van der Waals surface area contributed by atoms with Crippen LogP contribution in [0.5, 0.6) is 0 Å². The van der Waals surface area contributed by atoms with E-state index in [0.717, 1.165) is 18.6 Å². The van der Waals surface area contributed by atoms with Crippen molar-refractivity contribution in [2.75, 3.05) is 13.1 Å². The lowest BCUT2D eigenvalue weighted by molar-refractivity contribution is 0.620. The van der Waals surface area contributed by atoms with Crippen molar-refractivity contribution in [3.8, 4) is 0 Å². The van der Waals surface area contributed by atoms with E-state index in [2.05, 4.69) is 34.9 Å². The summed E-state index contributed by atoms with van der Waals surface area (Å²) in [5, 5.41) is 7.16. The van der Waals surface area contributed by atoms with Gasteiger partial charge in [0.1, 0.15) is 0 Å². The van der Waals surface area contributed by atoms with Crippen molar-refractivity contribution in [1.82, 2.24) is 10.6 Å². The van der Waals surface area contributed by atoms with Crippen LogP contribution < -0.4 is 10.6 Å². The van der Waals surface area contributed by atoms with Crippen molar-refractivity contribution in [1.29, 1.82) is 0 Å². The van der Waals surface area contributed by atoms with Crippen LogP contribution in [0.2, 0.25) is 0 Å². The molecule has 2 heteroatoms. The maximum absolute atomic E-state index is 3.58. The fraction of sp³-hybridized carbons (Fsp3) is 0.667. The van der Waals surface area contributed by atoms with Gasteiger partial charge in [0, 0.05) is 12.1 Å². The first-order valence-corrected chi connectivity index (χ1v) is 8.45. The monoisotopic (exact) mass is 272 g/mol. The van der Waals surface area contributed by atoms with Crippen LogP contribution in [-0.2, 0) is 12.8 Å². The number of hydrogen-bond donors (Lipinski definition) is 2. The first-order chi connectivity index (χ1) is 9.90. The minimum Gasteiger partial charge on any atom is -0.314 e. The van der Waals surface area contributed by atoms with Crippen molar-refractivity contribution in [2.24, 2.45) is 0 Å². The van der Waals surface area contributed by atoms with Crippen LogP contribution in [0.15, 0.2) is 24.3 Å². The predicted octanol–water partition coefficient (Wildman–Crippen LogP) is 3.06. The Morgan fingerprint density at radius 3 is 1.85 bits per heavy atom. The highest BCUT2D eigenvalue weighted by Gasteiger charge is 2.19. The van der Waals surface area contributed by atoms with Gasteiger partial charge in [0.2, 0.25) is 0 Å². The van der Waals surface area contributed by atoms with Gasteiger partial charge in [0.25, 0.3) is 0 Å². The Morgan fingerprint density at radius 1 is 0.700 bits per heavy atom. The van der Waals surface area contributed by atoms with Gasteiger partial charge in [-0.1, -0.05) is 24.3 Å². The molecule has 2 aliphatic rings. The van der Waals surface area contributed by atoms with Gasteiger partial charge >= 0.3 is 0 Å². The second-order valence-corrected chi connectivity index (χ2v) is 6.48. The van der Waals surface area contributed by atoms with Gasteiger partial charge < -0.3 is 10.6 Å². The minimum atomic E-state index is 0.832. The molecule has 2 nitrogen and oxygen atoms in total. The number of unbranched alkanes of at least 4 members (excludes halogenated alkanes) is 1. The molecule has 2 saturated carbocycles. The lowest BCUT2D eigenvalue weighted by atomic mass is 10.0. The van der Waals surface area contributed by atoms with E-state index in [-0.39, 0.29) is 0 Å². The molecule has 0 radical (unpaired) electrons. The molecular weight excluding hydrogens is 244 g/mol. The van der Waals surface area contributed by atoms with E-state index >= 15 is 0 Å². The van der Waals surface area contributed by atoms with Gasteiger partial charge in [-0.2, -0.15) is 0 Å². The summed E-state index contributed by atoms with van der Waals surface area (Å²) in [7, 11) is 0. The van der Waals surface area contributed by atoms with Crippen LogP contribution in [0, 0.1) is 0 Å². The van der Waals surface area contributed by atoms with Crippen molar-refractivity contribution in [3.05, 3.63) is 35.4 Å². The van der Waals surface area contributed by atoms with E-state index in [4.69, 9.17) is 0 Å². The van der Waals surface area contributed by atoms with Crippen LogP contribution in [-0.4, -0.2) is 25.2 Å². The first-order valence-electron chi connectivity index (χ1n) is 8.45. The summed E-state index contributed by atoms with van der Waals surface area (Å²) in [6, 6.07) is 11.0. The highest BCUT2D eigenvalue weighted by Crippen LogP contribution is 2.19. The third-order valence-electron chi connectivity index (χ3n) is 4.35. The molecule has 110 valence electrons. The summed E-state index contributed by atoms with van der Waals surface area (Å²) in [4.78, 5) is 0. The van der Waals surface area contributed by atoms with Gasteiger partial charge in [0.15, 0.2) is 0 Å². The molecule has 20 heavy (non-hydrogen) atoms. The molecule has 2 aliphatic carbocycles. The molecule has 0 spiro atoms. The molecule has 0 atom stereocenters. The maximum atomic E-state index is 3.58. The van der Waals surface area contributed by atoms with E-state index in [1.165, 1.54) is 69.0 Å². The summed E-state index contributed by atoms with van der Waals surface area (Å²) in [6.07, 6.45) is 10.6. The van der Waals surface area contributed by atoms with Gasteiger partial charge in [-0.05, 0) is 75.6 Å². The molecule has 1 aromatic rings. The molecule has 0 aromatic heterocycles. The topological polar surface area (TPSA) is 24.1 Å². The fourth-order valence-electron chi connectivity index (χ4n) is 2.63. The molecule has 0 amide bonds. The summed E-state index contributed by atoms with van der Waals surface area (Å²) in [6.45, 7) is 2.34. The van der Waals surface area contributed by atoms with Gasteiger partial charge in [-0.3, -0.25) is 0 Å². The molecule has 0 saturated heterocycles. The van der Waals surface area contributed by atoms with Crippen molar-refractivity contribution < 1.29 is 0 Å². The zero-order valence-corrected chi connectivity index (χ0v) is 12.5. The predicted molar refractivity (Wildman–Crippen MR) is 85.1 cm³/mol. The third-order valence-corrected chi connectivity index (χ3v) is 4.35. The Kier molecular flexibility index (Phi) is 5.10. The van der Waals surface area contributed by atoms with E-state index in [1.54, 1.807) is 0 Å². The fourth-order valence-corrected chi connectivity index (χ4v) is 2.63. The normalized spacial score (nSPS) is 18.4. The molecule has 0 aliphatic heterocycles. The zero-order chi connectivity index (χ0) is 13.6. The maximum Gasteiger partial charge on any atom is 0.00683 e. The lowest BCUT2D eigenvalue weighted by Crippen LogP contribution is -2.19. The summed E-state index contributed by atoms with van der Waals surface area (Å²) in [5.74, 6) is 0. The minimum absolute atomic E-state index is 0.832. The van der Waals surface area contributed by atoms with E-state index in [1.807, 2.05) is 0 Å². The Bertz CT molecular complexity index is 390. The largest absolute Gasteiger partial charge is 0.314 e. The number of benzene rings is 1. The van der Waals surface area contributed by atoms with Crippen LogP contribution in [0.1, 0.15) is 49.7 Å². The molecule has 3 rings (SSSR count). The van der Waals surface area contributed by atoms with Gasteiger partial charge in [-0.15, -0.1) is 0 Å². The van der Waals surface area contributed by atoms with Crippen LogP contribution in [0.4, 0.5) is 0 Å². The molecule has 0 heterocycles. The van der Waals surface area contributed by atoms with Crippen LogP contribution >= 0.6 is 0 Å². The molecule has 2 N–H and O–H groups in total. The van der Waals surface area contributed by atoms with E-state index in [0.29, 0.717) is 0 Å². The molecular formula is C18H28N2. The zero-order valence-electron chi connectivity index (χ0n) is 12.5. The van der Waals surface area contributed by atoms with Crippen LogP contribution in [0.25, 0.3) is 0 Å². The Balaban J connectivity index is 1.28. The summed E-state index contributed by atoms with van der Waals surface area (Å²) < 4.78 is 0. The average Bonchev–Trinajstić information content (AvgIpc) is 3.35. The third kappa shape index (κ3) is 5.26. The summed E-state index contributed by atoms with van der Waals surface area (Å²) in [5.41, 5.74) is 2.97. The second-order valence-electron chi connectivity index (χ2n) is 6.48. The van der Waals surface area contributed by atoms with Crippen molar-refractivity contribution >= 4 is 0 Å². The SMILES string of the molecule is c1cc(CCNC2CC2)ccc1CCCCNC1CC1. The Morgan fingerprint density at radius 2 is 1.25 bits per heavy atom. The summed E-state index contributed by atoms with van der Waals surface area (Å²) >= 11 is 0. The smallest absolute Gasteiger partial charge is 0.00683 e. The first kappa shape index (κ1) is 14.1. The van der Waals surface area contributed by atoms with Gasteiger partial charge in [-0.25, -0.2) is 0 Å². The lowest BCUT2D eigenvalue weighted by Gasteiger charge is -2.06. The van der Waals surface area contributed by atoms with E-state index in [9.17, 15) is 0 Å². The molecule has 1 aromatic carbocycles. The van der Waals surface area contributed by atoms with Crippen molar-refractivity contribution in [2.45, 2.75) is 63.5 Å². The molecule has 0 unspecified atom stereocenters. The number of rotatable bonds is 10.